The van der Waals surface area contributed by atoms with Gasteiger partial charge in [0.05, 0.1) is 0 Å². The van der Waals surface area contributed by atoms with Gasteiger partial charge in [-0.05, 0) is 38.4 Å². The molecule has 1 unspecified atom stereocenters. The van der Waals surface area contributed by atoms with Crippen molar-refractivity contribution in [1.29, 1.82) is 0 Å². The van der Waals surface area contributed by atoms with Crippen LogP contribution in [0.4, 0.5) is 0 Å². The summed E-state index contributed by atoms with van der Waals surface area (Å²) in [5.74, 6) is 0.966. The standard InChI is InChI=1S/C9H20N2/c1-2-9-4-7-11(8-9)6-3-5-10/h9H,2-8,10H2,1H3. The molecule has 0 radical (unpaired) electrons. The van der Waals surface area contributed by atoms with Crippen molar-refractivity contribution in [1.82, 2.24) is 4.90 Å². The smallest absolute Gasteiger partial charge is 0.00100 e. The van der Waals surface area contributed by atoms with Crippen LogP contribution >= 0.6 is 0 Å². The Morgan fingerprint density at radius 3 is 2.91 bits per heavy atom. The first-order valence-corrected chi connectivity index (χ1v) is 4.79. The van der Waals surface area contributed by atoms with Crippen molar-refractivity contribution >= 4 is 0 Å². The van der Waals surface area contributed by atoms with Gasteiger partial charge in [-0.25, -0.2) is 0 Å². The fourth-order valence-corrected chi connectivity index (χ4v) is 1.76. The quantitative estimate of drug-likeness (QED) is 0.659. The van der Waals surface area contributed by atoms with E-state index in [4.69, 9.17) is 5.73 Å². The molecule has 2 N–H and O–H groups in total. The molecule has 1 aliphatic rings. The van der Waals surface area contributed by atoms with Crippen molar-refractivity contribution in [3.63, 3.8) is 0 Å². The first kappa shape index (κ1) is 9.01. The van der Waals surface area contributed by atoms with Crippen LogP contribution < -0.4 is 5.73 Å². The minimum absolute atomic E-state index is 0.841. The third kappa shape index (κ3) is 2.80. The molecule has 0 aromatic rings. The van der Waals surface area contributed by atoms with Crippen LogP contribution in [-0.2, 0) is 0 Å². The summed E-state index contributed by atoms with van der Waals surface area (Å²) in [5, 5.41) is 0. The highest BCUT2D eigenvalue weighted by atomic mass is 15.1. The number of hydrogen-bond acceptors (Lipinski definition) is 2. The Bertz CT molecular complexity index is 104. The molecule has 0 aliphatic carbocycles. The van der Waals surface area contributed by atoms with Crippen molar-refractivity contribution in [2.45, 2.75) is 26.2 Å². The average molecular weight is 156 g/mol. The minimum Gasteiger partial charge on any atom is -0.330 e. The van der Waals surface area contributed by atoms with E-state index < -0.39 is 0 Å². The van der Waals surface area contributed by atoms with E-state index in [9.17, 15) is 0 Å². The maximum Gasteiger partial charge on any atom is 0.00100 e. The highest BCUT2D eigenvalue weighted by Crippen LogP contribution is 2.18. The van der Waals surface area contributed by atoms with Crippen molar-refractivity contribution in [3.05, 3.63) is 0 Å². The Morgan fingerprint density at radius 2 is 2.36 bits per heavy atom. The van der Waals surface area contributed by atoms with Crippen LogP contribution in [-0.4, -0.2) is 31.1 Å². The fraction of sp³-hybridized carbons (Fsp3) is 1.00. The van der Waals surface area contributed by atoms with Crippen molar-refractivity contribution < 1.29 is 0 Å². The molecule has 1 atom stereocenters. The summed E-state index contributed by atoms with van der Waals surface area (Å²) in [6, 6.07) is 0. The summed E-state index contributed by atoms with van der Waals surface area (Å²) in [4.78, 5) is 2.54. The Balaban J connectivity index is 2.09. The lowest BCUT2D eigenvalue weighted by Crippen LogP contribution is -2.23. The van der Waals surface area contributed by atoms with Crippen molar-refractivity contribution in [2.75, 3.05) is 26.2 Å². The lowest BCUT2D eigenvalue weighted by molar-refractivity contribution is 0.320. The molecule has 1 aliphatic heterocycles. The molecule has 1 saturated heterocycles. The molecule has 2 nitrogen and oxygen atoms in total. The van der Waals surface area contributed by atoms with E-state index in [0.29, 0.717) is 0 Å². The minimum atomic E-state index is 0.841. The van der Waals surface area contributed by atoms with Crippen molar-refractivity contribution in [2.24, 2.45) is 11.7 Å². The maximum absolute atomic E-state index is 5.45. The summed E-state index contributed by atoms with van der Waals surface area (Å²) >= 11 is 0. The first-order chi connectivity index (χ1) is 5.36. The van der Waals surface area contributed by atoms with Crippen molar-refractivity contribution in [3.8, 4) is 0 Å². The molecular formula is C9H20N2. The van der Waals surface area contributed by atoms with Gasteiger partial charge in [0.2, 0.25) is 0 Å². The first-order valence-electron chi connectivity index (χ1n) is 4.79. The summed E-state index contributed by atoms with van der Waals surface area (Å²) in [7, 11) is 0. The lowest BCUT2D eigenvalue weighted by atomic mass is 10.1. The number of nitrogens with two attached hydrogens (primary N) is 1. The van der Waals surface area contributed by atoms with E-state index >= 15 is 0 Å². The molecule has 0 spiro atoms. The molecule has 0 bridgehead atoms. The molecule has 0 saturated carbocycles. The molecule has 2 heteroatoms. The number of rotatable bonds is 4. The zero-order valence-electron chi connectivity index (χ0n) is 7.55. The molecule has 1 rings (SSSR count). The second kappa shape index (κ2) is 4.73. The van der Waals surface area contributed by atoms with Gasteiger partial charge < -0.3 is 10.6 Å². The molecule has 0 aromatic carbocycles. The van der Waals surface area contributed by atoms with Gasteiger partial charge in [0, 0.05) is 6.54 Å². The number of hydrogen-bond donors (Lipinski definition) is 1. The molecule has 1 fully saturated rings. The van der Waals surface area contributed by atoms with Crippen LogP contribution in [0.1, 0.15) is 26.2 Å². The normalized spacial score (nSPS) is 26.2. The third-order valence-electron chi connectivity index (χ3n) is 2.63. The van der Waals surface area contributed by atoms with E-state index in [2.05, 4.69) is 11.8 Å². The molecule has 66 valence electrons. The summed E-state index contributed by atoms with van der Waals surface area (Å²) < 4.78 is 0. The predicted octanol–water partition coefficient (Wildman–Crippen LogP) is 1.07. The molecule has 1 heterocycles. The van der Waals surface area contributed by atoms with Crippen LogP contribution in [0.15, 0.2) is 0 Å². The van der Waals surface area contributed by atoms with Gasteiger partial charge in [0.25, 0.3) is 0 Å². The van der Waals surface area contributed by atoms with Gasteiger partial charge in [0.15, 0.2) is 0 Å². The monoisotopic (exact) mass is 156 g/mol. The Kier molecular flexibility index (Phi) is 3.87. The average Bonchev–Trinajstić information content (AvgIpc) is 2.48. The molecular weight excluding hydrogens is 136 g/mol. The van der Waals surface area contributed by atoms with E-state index in [-0.39, 0.29) is 0 Å². The maximum atomic E-state index is 5.45. The summed E-state index contributed by atoms with van der Waals surface area (Å²) in [5.41, 5.74) is 5.45. The van der Waals surface area contributed by atoms with E-state index in [1.165, 1.54) is 32.5 Å². The highest BCUT2D eigenvalue weighted by molar-refractivity contribution is 4.74. The van der Waals surface area contributed by atoms with Gasteiger partial charge in [0.1, 0.15) is 0 Å². The van der Waals surface area contributed by atoms with Gasteiger partial charge >= 0.3 is 0 Å². The Labute approximate surface area is 69.8 Å². The second-order valence-corrected chi connectivity index (χ2v) is 3.51. The van der Waals surface area contributed by atoms with Crippen LogP contribution in [0, 0.1) is 5.92 Å². The summed E-state index contributed by atoms with van der Waals surface area (Å²) in [6.07, 6.45) is 3.91. The number of likely N-dealkylation sites (tertiary alicyclic amines) is 1. The van der Waals surface area contributed by atoms with Gasteiger partial charge in [-0.1, -0.05) is 13.3 Å². The Morgan fingerprint density at radius 1 is 1.55 bits per heavy atom. The van der Waals surface area contributed by atoms with Crippen LogP contribution in [0.3, 0.4) is 0 Å². The van der Waals surface area contributed by atoms with E-state index in [1.807, 2.05) is 0 Å². The molecule has 0 amide bonds. The van der Waals surface area contributed by atoms with Crippen LogP contribution in [0.2, 0.25) is 0 Å². The lowest BCUT2D eigenvalue weighted by Gasteiger charge is -2.14. The van der Waals surface area contributed by atoms with Crippen LogP contribution in [0.25, 0.3) is 0 Å². The van der Waals surface area contributed by atoms with E-state index in [1.54, 1.807) is 0 Å². The van der Waals surface area contributed by atoms with Gasteiger partial charge in [-0.3, -0.25) is 0 Å². The molecule has 0 aromatic heterocycles. The predicted molar refractivity (Wildman–Crippen MR) is 48.5 cm³/mol. The zero-order valence-corrected chi connectivity index (χ0v) is 7.55. The largest absolute Gasteiger partial charge is 0.330 e. The fourth-order valence-electron chi connectivity index (χ4n) is 1.76. The van der Waals surface area contributed by atoms with Gasteiger partial charge in [-0.2, -0.15) is 0 Å². The number of nitrogens with zero attached hydrogens (tertiary/aromatic N) is 1. The SMILES string of the molecule is CCC1CCN(CCCN)C1. The molecule has 11 heavy (non-hydrogen) atoms. The van der Waals surface area contributed by atoms with Crippen LogP contribution in [0.5, 0.6) is 0 Å². The Hall–Kier alpha value is -0.0800. The van der Waals surface area contributed by atoms with Gasteiger partial charge in [-0.15, -0.1) is 0 Å². The summed E-state index contributed by atoms with van der Waals surface area (Å²) in [6.45, 7) is 6.96. The van der Waals surface area contributed by atoms with E-state index in [0.717, 1.165) is 18.9 Å². The highest BCUT2D eigenvalue weighted by Gasteiger charge is 2.19. The third-order valence-corrected chi connectivity index (χ3v) is 2.63. The topological polar surface area (TPSA) is 29.3 Å². The second-order valence-electron chi connectivity index (χ2n) is 3.51. The zero-order chi connectivity index (χ0) is 8.10.